The molecule has 0 bridgehead atoms. The van der Waals surface area contributed by atoms with Gasteiger partial charge in [0.25, 0.3) is 0 Å². The number of nitrogens with zero attached hydrogens (tertiary/aromatic N) is 2. The van der Waals surface area contributed by atoms with Gasteiger partial charge in [-0.25, -0.2) is 0 Å². The number of anilines is 1. The fourth-order valence-corrected chi connectivity index (χ4v) is 3.01. The molecule has 2 nitrogen and oxygen atoms in total. The van der Waals surface area contributed by atoms with E-state index in [9.17, 15) is 0 Å². The fourth-order valence-electron chi connectivity index (χ4n) is 2.82. The monoisotopic (exact) mass is 266 g/mol. The second-order valence-corrected chi connectivity index (χ2v) is 5.41. The van der Waals surface area contributed by atoms with E-state index in [1.807, 2.05) is 12.1 Å². The summed E-state index contributed by atoms with van der Waals surface area (Å²) in [7, 11) is 0. The number of rotatable bonds is 4. The number of piperazine rings is 1. The summed E-state index contributed by atoms with van der Waals surface area (Å²) >= 11 is 6.05. The number of halogens is 1. The predicted octanol–water partition coefficient (Wildman–Crippen LogP) is 3.65. The van der Waals surface area contributed by atoms with Crippen LogP contribution in [0.1, 0.15) is 26.7 Å². The van der Waals surface area contributed by atoms with Crippen LogP contribution in [0.5, 0.6) is 0 Å². The molecule has 1 aliphatic heterocycles. The van der Waals surface area contributed by atoms with Gasteiger partial charge in [-0.1, -0.05) is 31.5 Å². The lowest BCUT2D eigenvalue weighted by Crippen LogP contribution is -2.50. The van der Waals surface area contributed by atoms with Crippen molar-refractivity contribution in [2.24, 2.45) is 0 Å². The van der Waals surface area contributed by atoms with Crippen molar-refractivity contribution in [3.05, 3.63) is 29.3 Å². The molecule has 0 N–H and O–H groups in total. The van der Waals surface area contributed by atoms with Crippen molar-refractivity contribution in [2.75, 3.05) is 31.1 Å². The maximum Gasteiger partial charge on any atom is 0.0426 e. The van der Waals surface area contributed by atoms with E-state index in [0.29, 0.717) is 0 Å². The normalized spacial score (nSPS) is 17.4. The standard InChI is InChI=1S/C15H23ClN2/c1-3-14(4-2)17-8-10-18(11-9-17)15-7-5-6-13(16)12-15/h5-7,12,14H,3-4,8-11H2,1-2H3. The minimum absolute atomic E-state index is 0.756. The zero-order valence-electron chi connectivity index (χ0n) is 11.4. The molecule has 1 fully saturated rings. The van der Waals surface area contributed by atoms with Gasteiger partial charge in [0.05, 0.1) is 0 Å². The zero-order valence-corrected chi connectivity index (χ0v) is 12.2. The van der Waals surface area contributed by atoms with Gasteiger partial charge in [0.1, 0.15) is 0 Å². The van der Waals surface area contributed by atoms with Gasteiger partial charge in [-0.3, -0.25) is 4.90 Å². The molecule has 1 aliphatic rings. The number of benzene rings is 1. The molecule has 0 radical (unpaired) electrons. The highest BCUT2D eigenvalue weighted by Crippen LogP contribution is 2.22. The van der Waals surface area contributed by atoms with E-state index in [1.54, 1.807) is 0 Å². The van der Waals surface area contributed by atoms with Crippen molar-refractivity contribution in [3.8, 4) is 0 Å². The Morgan fingerprint density at radius 1 is 1.11 bits per heavy atom. The Morgan fingerprint density at radius 2 is 1.78 bits per heavy atom. The molecule has 1 aromatic rings. The summed E-state index contributed by atoms with van der Waals surface area (Å²) in [6.45, 7) is 9.13. The topological polar surface area (TPSA) is 6.48 Å². The molecule has 2 rings (SSSR count). The summed E-state index contributed by atoms with van der Waals surface area (Å²) in [5.41, 5.74) is 1.26. The molecule has 1 saturated heterocycles. The van der Waals surface area contributed by atoms with Crippen LogP contribution in [0.3, 0.4) is 0 Å². The van der Waals surface area contributed by atoms with E-state index in [4.69, 9.17) is 11.6 Å². The van der Waals surface area contributed by atoms with Crippen molar-refractivity contribution in [2.45, 2.75) is 32.7 Å². The summed E-state index contributed by atoms with van der Waals surface area (Å²) in [5, 5.41) is 0.829. The lowest BCUT2D eigenvalue weighted by molar-refractivity contribution is 0.175. The Balaban J connectivity index is 1.94. The minimum atomic E-state index is 0.756. The smallest absolute Gasteiger partial charge is 0.0426 e. The van der Waals surface area contributed by atoms with Gasteiger partial charge in [0.2, 0.25) is 0 Å². The molecule has 0 aliphatic carbocycles. The van der Waals surface area contributed by atoms with Gasteiger partial charge >= 0.3 is 0 Å². The summed E-state index contributed by atoms with van der Waals surface area (Å²) in [6.07, 6.45) is 2.52. The molecule has 0 aromatic heterocycles. The third-order valence-corrected chi connectivity index (χ3v) is 4.18. The second-order valence-electron chi connectivity index (χ2n) is 4.97. The summed E-state index contributed by atoms with van der Waals surface area (Å²) < 4.78 is 0. The van der Waals surface area contributed by atoms with Gasteiger partial charge in [-0.2, -0.15) is 0 Å². The number of hydrogen-bond donors (Lipinski definition) is 0. The maximum atomic E-state index is 6.05. The Hall–Kier alpha value is -0.730. The Bertz CT molecular complexity index is 369. The lowest BCUT2D eigenvalue weighted by atomic mass is 10.1. The van der Waals surface area contributed by atoms with Crippen molar-refractivity contribution in [1.29, 1.82) is 0 Å². The summed E-state index contributed by atoms with van der Waals surface area (Å²) in [4.78, 5) is 5.06. The molecule has 0 unspecified atom stereocenters. The SMILES string of the molecule is CCC(CC)N1CCN(c2cccc(Cl)c2)CC1. The van der Waals surface area contributed by atoms with Crippen LogP contribution >= 0.6 is 11.6 Å². The van der Waals surface area contributed by atoms with Gasteiger partial charge in [0, 0.05) is 42.9 Å². The predicted molar refractivity (Wildman–Crippen MR) is 79.6 cm³/mol. The van der Waals surface area contributed by atoms with E-state index in [2.05, 4.69) is 35.8 Å². The van der Waals surface area contributed by atoms with Crippen molar-refractivity contribution in [3.63, 3.8) is 0 Å². The molecule has 1 aromatic carbocycles. The van der Waals surface area contributed by atoms with Gasteiger partial charge in [0.15, 0.2) is 0 Å². The molecule has 0 spiro atoms. The van der Waals surface area contributed by atoms with Crippen LogP contribution in [0.25, 0.3) is 0 Å². The highest BCUT2D eigenvalue weighted by atomic mass is 35.5. The average Bonchev–Trinajstić information content (AvgIpc) is 2.41. The van der Waals surface area contributed by atoms with Crippen LogP contribution < -0.4 is 4.90 Å². The van der Waals surface area contributed by atoms with E-state index in [1.165, 1.54) is 31.6 Å². The van der Waals surface area contributed by atoms with Crippen LogP contribution in [-0.4, -0.2) is 37.1 Å². The molecular formula is C15H23ClN2. The van der Waals surface area contributed by atoms with E-state index in [-0.39, 0.29) is 0 Å². The van der Waals surface area contributed by atoms with Crippen molar-refractivity contribution < 1.29 is 0 Å². The second kappa shape index (κ2) is 6.44. The van der Waals surface area contributed by atoms with Gasteiger partial charge in [-0.15, -0.1) is 0 Å². The lowest BCUT2D eigenvalue weighted by Gasteiger charge is -2.39. The molecule has 0 atom stereocenters. The fraction of sp³-hybridized carbons (Fsp3) is 0.600. The molecule has 0 amide bonds. The zero-order chi connectivity index (χ0) is 13.0. The summed E-state index contributed by atoms with van der Waals surface area (Å²) in [5.74, 6) is 0. The van der Waals surface area contributed by atoms with Crippen LogP contribution in [0.15, 0.2) is 24.3 Å². The largest absolute Gasteiger partial charge is 0.369 e. The molecule has 0 saturated carbocycles. The van der Waals surface area contributed by atoms with Crippen LogP contribution in [-0.2, 0) is 0 Å². The van der Waals surface area contributed by atoms with Crippen LogP contribution in [0.2, 0.25) is 5.02 Å². The molecular weight excluding hydrogens is 244 g/mol. The van der Waals surface area contributed by atoms with Gasteiger partial charge in [-0.05, 0) is 31.0 Å². The van der Waals surface area contributed by atoms with E-state index in [0.717, 1.165) is 24.2 Å². The van der Waals surface area contributed by atoms with Crippen LogP contribution in [0, 0.1) is 0 Å². The molecule has 1 heterocycles. The molecule has 18 heavy (non-hydrogen) atoms. The highest BCUT2D eigenvalue weighted by molar-refractivity contribution is 6.30. The highest BCUT2D eigenvalue weighted by Gasteiger charge is 2.21. The quantitative estimate of drug-likeness (QED) is 0.821. The first-order valence-corrected chi connectivity index (χ1v) is 7.37. The maximum absolute atomic E-state index is 6.05. The van der Waals surface area contributed by atoms with Crippen molar-refractivity contribution >= 4 is 17.3 Å². The third kappa shape index (κ3) is 3.18. The number of hydrogen-bond acceptors (Lipinski definition) is 2. The Labute approximate surface area is 116 Å². The first kappa shape index (κ1) is 13.7. The summed E-state index contributed by atoms with van der Waals surface area (Å²) in [6, 6.07) is 8.94. The van der Waals surface area contributed by atoms with Crippen molar-refractivity contribution in [1.82, 2.24) is 4.90 Å². The minimum Gasteiger partial charge on any atom is -0.369 e. The third-order valence-electron chi connectivity index (χ3n) is 3.95. The average molecular weight is 267 g/mol. The first-order valence-electron chi connectivity index (χ1n) is 6.99. The van der Waals surface area contributed by atoms with E-state index >= 15 is 0 Å². The first-order chi connectivity index (χ1) is 8.74. The molecule has 3 heteroatoms. The Morgan fingerprint density at radius 3 is 2.33 bits per heavy atom. The Kier molecular flexibility index (Phi) is 4.90. The molecule has 100 valence electrons. The van der Waals surface area contributed by atoms with Gasteiger partial charge < -0.3 is 4.90 Å². The van der Waals surface area contributed by atoms with E-state index < -0.39 is 0 Å². The van der Waals surface area contributed by atoms with Crippen LogP contribution in [0.4, 0.5) is 5.69 Å².